The van der Waals surface area contributed by atoms with E-state index in [9.17, 15) is 13.6 Å². The van der Waals surface area contributed by atoms with Crippen molar-refractivity contribution in [3.63, 3.8) is 0 Å². The van der Waals surface area contributed by atoms with E-state index in [0.717, 1.165) is 23.8 Å². The van der Waals surface area contributed by atoms with Crippen LogP contribution < -0.4 is 0 Å². The van der Waals surface area contributed by atoms with Gasteiger partial charge in [-0.1, -0.05) is 30.3 Å². The number of likely N-dealkylation sites (tertiary alicyclic amines) is 1. The average Bonchev–Trinajstić information content (AvgIpc) is 3.04. The minimum absolute atomic E-state index is 0.0872. The number of carbonyl (C=O) groups excluding carboxylic acids is 1. The molecule has 0 N–H and O–H groups in total. The normalized spacial score (nSPS) is 17.5. The van der Waals surface area contributed by atoms with E-state index in [-0.39, 0.29) is 11.7 Å². The van der Waals surface area contributed by atoms with Crippen LogP contribution in [0.2, 0.25) is 0 Å². The minimum atomic E-state index is -0.704. The molecule has 0 aromatic heterocycles. The first-order valence-corrected chi connectivity index (χ1v) is 7.53. The van der Waals surface area contributed by atoms with E-state index < -0.39 is 17.5 Å². The molecule has 3 rings (SSSR count). The molecule has 3 nitrogen and oxygen atoms in total. The summed E-state index contributed by atoms with van der Waals surface area (Å²) in [6.07, 6.45) is 0.603. The van der Waals surface area contributed by atoms with Crippen LogP contribution in [-0.2, 0) is 11.3 Å². The van der Waals surface area contributed by atoms with Gasteiger partial charge in [-0.15, -0.1) is 0 Å². The third-order valence-electron chi connectivity index (χ3n) is 3.92. The van der Waals surface area contributed by atoms with Gasteiger partial charge in [0, 0.05) is 13.1 Å². The van der Waals surface area contributed by atoms with Crippen molar-refractivity contribution in [2.45, 2.75) is 19.1 Å². The molecular weight excluding hydrogens is 300 g/mol. The molecule has 0 spiro atoms. The number of carbonyl (C=O) groups is 1. The van der Waals surface area contributed by atoms with Gasteiger partial charge in [0.15, 0.2) is 0 Å². The van der Waals surface area contributed by atoms with Crippen molar-refractivity contribution >= 4 is 5.91 Å². The molecule has 1 atom stereocenters. The number of amides is 1. The fourth-order valence-electron chi connectivity index (χ4n) is 2.67. The van der Waals surface area contributed by atoms with Crippen LogP contribution in [0.3, 0.4) is 0 Å². The van der Waals surface area contributed by atoms with Crippen molar-refractivity contribution < 1.29 is 18.3 Å². The van der Waals surface area contributed by atoms with Crippen LogP contribution >= 0.6 is 0 Å². The van der Waals surface area contributed by atoms with Crippen molar-refractivity contribution in [1.82, 2.24) is 4.90 Å². The molecule has 0 saturated carbocycles. The monoisotopic (exact) mass is 317 g/mol. The van der Waals surface area contributed by atoms with Gasteiger partial charge in [-0.3, -0.25) is 4.79 Å². The van der Waals surface area contributed by atoms with E-state index in [1.165, 1.54) is 4.90 Å². The van der Waals surface area contributed by atoms with Crippen molar-refractivity contribution in [2.75, 3.05) is 13.1 Å². The molecule has 2 aromatic carbocycles. The molecular formula is C18H17F2NO2. The summed E-state index contributed by atoms with van der Waals surface area (Å²) in [6, 6.07) is 12.7. The molecule has 120 valence electrons. The first-order chi connectivity index (χ1) is 11.1. The summed E-state index contributed by atoms with van der Waals surface area (Å²) in [5.74, 6) is -1.82. The number of rotatable bonds is 4. The van der Waals surface area contributed by atoms with E-state index in [0.29, 0.717) is 26.1 Å². The highest BCUT2D eigenvalue weighted by molar-refractivity contribution is 5.94. The van der Waals surface area contributed by atoms with Gasteiger partial charge in [-0.25, -0.2) is 8.78 Å². The Labute approximate surface area is 133 Å². The molecule has 1 amide bonds. The molecule has 1 heterocycles. The first kappa shape index (κ1) is 15.6. The topological polar surface area (TPSA) is 29.5 Å². The first-order valence-electron chi connectivity index (χ1n) is 7.53. The lowest BCUT2D eigenvalue weighted by Gasteiger charge is -2.17. The van der Waals surface area contributed by atoms with Gasteiger partial charge in [0.25, 0.3) is 5.91 Å². The Balaban J connectivity index is 1.59. The van der Waals surface area contributed by atoms with Gasteiger partial charge in [-0.2, -0.15) is 0 Å². The fourth-order valence-corrected chi connectivity index (χ4v) is 2.67. The molecule has 23 heavy (non-hydrogen) atoms. The SMILES string of the molecule is O=C(c1cc(F)ccc1F)N1CCC(OCc2ccccc2)C1. The zero-order valence-corrected chi connectivity index (χ0v) is 12.5. The zero-order valence-electron chi connectivity index (χ0n) is 12.5. The maximum atomic E-state index is 13.7. The van der Waals surface area contributed by atoms with E-state index in [4.69, 9.17) is 4.74 Å². The lowest BCUT2D eigenvalue weighted by atomic mass is 10.2. The fraction of sp³-hybridized carbons (Fsp3) is 0.278. The summed E-state index contributed by atoms with van der Waals surface area (Å²) < 4.78 is 32.7. The molecule has 5 heteroatoms. The zero-order chi connectivity index (χ0) is 16.2. The number of halogens is 2. The van der Waals surface area contributed by atoms with E-state index in [1.54, 1.807) is 0 Å². The van der Waals surface area contributed by atoms with E-state index in [2.05, 4.69) is 0 Å². The number of nitrogens with zero attached hydrogens (tertiary/aromatic N) is 1. The Morgan fingerprint density at radius 3 is 2.74 bits per heavy atom. The number of ether oxygens (including phenoxy) is 1. The van der Waals surface area contributed by atoms with Crippen LogP contribution in [0.5, 0.6) is 0 Å². The molecule has 1 unspecified atom stereocenters. The molecule has 0 bridgehead atoms. The summed E-state index contributed by atoms with van der Waals surface area (Å²) in [5.41, 5.74) is 0.835. The highest BCUT2D eigenvalue weighted by Crippen LogP contribution is 2.19. The standard InChI is InChI=1S/C18H17F2NO2/c19-14-6-7-17(20)16(10-14)18(22)21-9-8-15(11-21)23-12-13-4-2-1-3-5-13/h1-7,10,15H,8-9,11-12H2. The maximum Gasteiger partial charge on any atom is 0.257 e. The van der Waals surface area contributed by atoms with Crippen LogP contribution in [0.4, 0.5) is 8.78 Å². The second kappa shape index (κ2) is 6.87. The molecule has 0 aliphatic carbocycles. The molecule has 1 fully saturated rings. The smallest absolute Gasteiger partial charge is 0.257 e. The van der Waals surface area contributed by atoms with Gasteiger partial charge in [0.1, 0.15) is 11.6 Å². The number of benzene rings is 2. The van der Waals surface area contributed by atoms with Gasteiger partial charge in [0.05, 0.1) is 18.3 Å². The summed E-state index contributed by atoms with van der Waals surface area (Å²) >= 11 is 0. The quantitative estimate of drug-likeness (QED) is 0.865. The lowest BCUT2D eigenvalue weighted by molar-refractivity contribution is 0.0436. The van der Waals surface area contributed by atoms with Crippen molar-refractivity contribution in [3.05, 3.63) is 71.3 Å². The molecule has 1 aliphatic rings. The van der Waals surface area contributed by atoms with Crippen LogP contribution in [0.25, 0.3) is 0 Å². The molecule has 1 aliphatic heterocycles. The highest BCUT2D eigenvalue weighted by atomic mass is 19.1. The highest BCUT2D eigenvalue weighted by Gasteiger charge is 2.29. The largest absolute Gasteiger partial charge is 0.372 e. The third-order valence-corrected chi connectivity index (χ3v) is 3.92. The molecule has 1 saturated heterocycles. The van der Waals surface area contributed by atoms with Crippen molar-refractivity contribution in [1.29, 1.82) is 0 Å². The summed E-state index contributed by atoms with van der Waals surface area (Å²) in [6.45, 7) is 1.34. The van der Waals surface area contributed by atoms with Crippen molar-refractivity contribution in [2.24, 2.45) is 0 Å². The van der Waals surface area contributed by atoms with Gasteiger partial charge >= 0.3 is 0 Å². The van der Waals surface area contributed by atoms with E-state index in [1.807, 2.05) is 30.3 Å². The summed E-state index contributed by atoms with van der Waals surface area (Å²) in [4.78, 5) is 13.8. The van der Waals surface area contributed by atoms with Gasteiger partial charge in [0.2, 0.25) is 0 Å². The van der Waals surface area contributed by atoms with Crippen LogP contribution in [0.1, 0.15) is 22.3 Å². The van der Waals surface area contributed by atoms with Gasteiger partial charge < -0.3 is 9.64 Å². The van der Waals surface area contributed by atoms with E-state index >= 15 is 0 Å². The predicted octanol–water partition coefficient (Wildman–Crippen LogP) is 3.40. The summed E-state index contributed by atoms with van der Waals surface area (Å²) in [5, 5.41) is 0. The Hall–Kier alpha value is -2.27. The third kappa shape index (κ3) is 3.74. The Kier molecular flexibility index (Phi) is 4.67. The summed E-state index contributed by atoms with van der Waals surface area (Å²) in [7, 11) is 0. The number of hydrogen-bond acceptors (Lipinski definition) is 2. The van der Waals surface area contributed by atoms with Gasteiger partial charge in [-0.05, 0) is 30.2 Å². The second-order valence-electron chi connectivity index (χ2n) is 5.58. The minimum Gasteiger partial charge on any atom is -0.372 e. The predicted molar refractivity (Wildman–Crippen MR) is 81.9 cm³/mol. The van der Waals surface area contributed by atoms with Crippen LogP contribution in [-0.4, -0.2) is 30.0 Å². The second-order valence-corrected chi connectivity index (χ2v) is 5.58. The van der Waals surface area contributed by atoms with Crippen LogP contribution in [0.15, 0.2) is 48.5 Å². The molecule has 0 radical (unpaired) electrons. The average molecular weight is 317 g/mol. The molecule has 2 aromatic rings. The Bertz CT molecular complexity index is 691. The maximum absolute atomic E-state index is 13.7. The lowest BCUT2D eigenvalue weighted by Crippen LogP contribution is -2.30. The van der Waals surface area contributed by atoms with Crippen LogP contribution in [0, 0.1) is 11.6 Å². The number of hydrogen-bond donors (Lipinski definition) is 0. The Morgan fingerprint density at radius 1 is 1.17 bits per heavy atom. The van der Waals surface area contributed by atoms with Crippen molar-refractivity contribution in [3.8, 4) is 0 Å². The Morgan fingerprint density at radius 2 is 1.96 bits per heavy atom.